The molecule has 0 amide bonds. The lowest BCUT2D eigenvalue weighted by atomic mass is 9.83. The second-order valence-corrected chi connectivity index (χ2v) is 5.24. The van der Waals surface area contributed by atoms with Crippen LogP contribution < -0.4 is 10.6 Å². The van der Waals surface area contributed by atoms with Crippen molar-refractivity contribution in [3.05, 3.63) is 11.8 Å². The fourth-order valence-electron chi connectivity index (χ4n) is 2.35. The second-order valence-electron chi connectivity index (χ2n) is 5.24. The van der Waals surface area contributed by atoms with E-state index in [0.717, 1.165) is 24.6 Å². The highest BCUT2D eigenvalue weighted by atomic mass is 15.3. The summed E-state index contributed by atoms with van der Waals surface area (Å²) in [6.45, 7) is 7.65. The van der Waals surface area contributed by atoms with Crippen LogP contribution in [0, 0.1) is 12.3 Å². The van der Waals surface area contributed by atoms with Gasteiger partial charge in [-0.25, -0.2) is 0 Å². The van der Waals surface area contributed by atoms with Crippen molar-refractivity contribution in [1.29, 1.82) is 0 Å². The summed E-state index contributed by atoms with van der Waals surface area (Å²) in [4.78, 5) is 0. The second kappa shape index (κ2) is 4.45. The van der Waals surface area contributed by atoms with E-state index in [1.807, 2.05) is 18.7 Å². The summed E-state index contributed by atoms with van der Waals surface area (Å²) in [6, 6.07) is 2.10. The van der Waals surface area contributed by atoms with Gasteiger partial charge in [-0.1, -0.05) is 6.92 Å². The Morgan fingerprint density at radius 2 is 2.44 bits per heavy atom. The SMILES string of the molecule is Cc1cc(NCC2(C)CCCNC2)n(C)n1. The van der Waals surface area contributed by atoms with Crippen molar-refractivity contribution in [3.8, 4) is 0 Å². The minimum absolute atomic E-state index is 0.371. The van der Waals surface area contributed by atoms with Gasteiger partial charge < -0.3 is 10.6 Å². The van der Waals surface area contributed by atoms with Gasteiger partial charge in [-0.15, -0.1) is 0 Å². The molecule has 1 fully saturated rings. The number of rotatable bonds is 3. The first-order valence-electron chi connectivity index (χ1n) is 6.04. The number of aryl methyl sites for hydroxylation is 2. The first-order chi connectivity index (χ1) is 7.59. The summed E-state index contributed by atoms with van der Waals surface area (Å²) < 4.78 is 1.91. The predicted molar refractivity (Wildman–Crippen MR) is 66.6 cm³/mol. The third kappa shape index (κ3) is 2.55. The molecule has 1 aromatic rings. The van der Waals surface area contributed by atoms with Gasteiger partial charge in [-0.3, -0.25) is 4.68 Å². The number of nitrogens with one attached hydrogen (secondary N) is 2. The molecule has 0 aromatic carbocycles. The van der Waals surface area contributed by atoms with E-state index in [9.17, 15) is 0 Å². The minimum atomic E-state index is 0.371. The third-order valence-electron chi connectivity index (χ3n) is 3.38. The Kier molecular flexibility index (Phi) is 3.19. The molecule has 1 atom stereocenters. The van der Waals surface area contributed by atoms with Gasteiger partial charge in [0.25, 0.3) is 0 Å². The van der Waals surface area contributed by atoms with Crippen LogP contribution in [0.5, 0.6) is 0 Å². The number of aromatic nitrogens is 2. The zero-order valence-electron chi connectivity index (χ0n) is 10.5. The molecular weight excluding hydrogens is 200 g/mol. The van der Waals surface area contributed by atoms with Crippen LogP contribution in [0.3, 0.4) is 0 Å². The van der Waals surface area contributed by atoms with E-state index >= 15 is 0 Å². The standard InChI is InChI=1S/C12H22N4/c1-10-7-11(16(3)15-10)14-9-12(2)5-4-6-13-8-12/h7,13-14H,4-6,8-9H2,1-3H3. The number of hydrogen-bond donors (Lipinski definition) is 2. The zero-order valence-corrected chi connectivity index (χ0v) is 10.5. The predicted octanol–water partition coefficient (Wildman–Crippen LogP) is 1.53. The summed E-state index contributed by atoms with van der Waals surface area (Å²) in [5, 5.41) is 11.3. The fraction of sp³-hybridized carbons (Fsp3) is 0.750. The van der Waals surface area contributed by atoms with Crippen molar-refractivity contribution in [2.24, 2.45) is 12.5 Å². The van der Waals surface area contributed by atoms with E-state index in [2.05, 4.69) is 28.7 Å². The molecule has 0 saturated carbocycles. The molecule has 2 rings (SSSR count). The molecule has 90 valence electrons. The summed E-state index contributed by atoms with van der Waals surface area (Å²) in [5.74, 6) is 1.12. The highest BCUT2D eigenvalue weighted by Crippen LogP contribution is 2.25. The average molecular weight is 222 g/mol. The lowest BCUT2D eigenvalue weighted by molar-refractivity contribution is 0.253. The van der Waals surface area contributed by atoms with Gasteiger partial charge in [-0.05, 0) is 31.7 Å². The van der Waals surface area contributed by atoms with Crippen molar-refractivity contribution in [2.45, 2.75) is 26.7 Å². The van der Waals surface area contributed by atoms with Crippen LogP contribution in [0.15, 0.2) is 6.07 Å². The third-order valence-corrected chi connectivity index (χ3v) is 3.38. The van der Waals surface area contributed by atoms with E-state index < -0.39 is 0 Å². The Morgan fingerprint density at radius 3 is 3.00 bits per heavy atom. The highest BCUT2D eigenvalue weighted by molar-refractivity contribution is 5.36. The van der Waals surface area contributed by atoms with Gasteiger partial charge in [0.2, 0.25) is 0 Å². The molecular formula is C12H22N4. The van der Waals surface area contributed by atoms with Gasteiger partial charge in [0.1, 0.15) is 5.82 Å². The summed E-state index contributed by atoms with van der Waals surface area (Å²) >= 11 is 0. The van der Waals surface area contributed by atoms with Crippen molar-refractivity contribution < 1.29 is 0 Å². The Bertz CT molecular complexity index is 350. The van der Waals surface area contributed by atoms with E-state index in [-0.39, 0.29) is 0 Å². The van der Waals surface area contributed by atoms with Crippen LogP contribution in [0.25, 0.3) is 0 Å². The lowest BCUT2D eigenvalue weighted by Crippen LogP contribution is -2.42. The van der Waals surface area contributed by atoms with Gasteiger partial charge in [0.15, 0.2) is 0 Å². The molecule has 2 heterocycles. The number of piperidine rings is 1. The number of anilines is 1. The summed E-state index contributed by atoms with van der Waals surface area (Å²) in [6.07, 6.45) is 2.58. The minimum Gasteiger partial charge on any atom is -0.370 e. The van der Waals surface area contributed by atoms with Crippen molar-refractivity contribution in [3.63, 3.8) is 0 Å². The zero-order chi connectivity index (χ0) is 11.6. The maximum absolute atomic E-state index is 4.34. The van der Waals surface area contributed by atoms with Crippen LogP contribution in [0.2, 0.25) is 0 Å². The molecule has 0 aliphatic carbocycles. The molecule has 4 heteroatoms. The molecule has 1 saturated heterocycles. The van der Waals surface area contributed by atoms with Crippen LogP contribution >= 0.6 is 0 Å². The average Bonchev–Trinajstić information content (AvgIpc) is 2.56. The smallest absolute Gasteiger partial charge is 0.124 e. The molecule has 1 aromatic heterocycles. The number of hydrogen-bond acceptors (Lipinski definition) is 3. The monoisotopic (exact) mass is 222 g/mol. The van der Waals surface area contributed by atoms with Crippen LogP contribution in [0.1, 0.15) is 25.5 Å². The topological polar surface area (TPSA) is 41.9 Å². The van der Waals surface area contributed by atoms with Crippen LogP contribution in [-0.2, 0) is 7.05 Å². The number of nitrogens with zero attached hydrogens (tertiary/aromatic N) is 2. The van der Waals surface area contributed by atoms with Gasteiger partial charge in [0.05, 0.1) is 5.69 Å². The summed E-state index contributed by atoms with van der Waals surface area (Å²) in [5.41, 5.74) is 1.44. The summed E-state index contributed by atoms with van der Waals surface area (Å²) in [7, 11) is 1.98. The largest absolute Gasteiger partial charge is 0.370 e. The maximum Gasteiger partial charge on any atom is 0.124 e. The van der Waals surface area contributed by atoms with Gasteiger partial charge >= 0.3 is 0 Å². The molecule has 0 radical (unpaired) electrons. The Morgan fingerprint density at radius 1 is 1.62 bits per heavy atom. The van der Waals surface area contributed by atoms with Crippen LogP contribution in [0.4, 0.5) is 5.82 Å². The van der Waals surface area contributed by atoms with E-state index in [1.54, 1.807) is 0 Å². The molecule has 16 heavy (non-hydrogen) atoms. The van der Waals surface area contributed by atoms with Gasteiger partial charge in [0, 0.05) is 26.2 Å². The van der Waals surface area contributed by atoms with E-state index in [0.29, 0.717) is 5.41 Å². The highest BCUT2D eigenvalue weighted by Gasteiger charge is 2.26. The first-order valence-corrected chi connectivity index (χ1v) is 6.04. The first kappa shape index (κ1) is 11.5. The molecule has 1 aliphatic rings. The molecule has 2 N–H and O–H groups in total. The quantitative estimate of drug-likeness (QED) is 0.815. The fourth-order valence-corrected chi connectivity index (χ4v) is 2.35. The Balaban J connectivity index is 1.93. The molecule has 0 bridgehead atoms. The van der Waals surface area contributed by atoms with E-state index in [1.165, 1.54) is 19.4 Å². The van der Waals surface area contributed by atoms with Crippen molar-refractivity contribution >= 4 is 5.82 Å². The van der Waals surface area contributed by atoms with Crippen molar-refractivity contribution in [2.75, 3.05) is 25.0 Å². The molecule has 4 nitrogen and oxygen atoms in total. The lowest BCUT2D eigenvalue weighted by Gasteiger charge is -2.34. The normalized spacial score (nSPS) is 25.7. The maximum atomic E-state index is 4.34. The molecule has 0 spiro atoms. The Hall–Kier alpha value is -1.03. The van der Waals surface area contributed by atoms with Gasteiger partial charge in [-0.2, -0.15) is 5.10 Å². The molecule has 1 unspecified atom stereocenters. The van der Waals surface area contributed by atoms with Crippen molar-refractivity contribution in [1.82, 2.24) is 15.1 Å². The molecule has 1 aliphatic heterocycles. The van der Waals surface area contributed by atoms with Crippen LogP contribution in [-0.4, -0.2) is 29.4 Å². The Labute approximate surface area is 97.4 Å². The van der Waals surface area contributed by atoms with E-state index in [4.69, 9.17) is 0 Å².